The summed E-state index contributed by atoms with van der Waals surface area (Å²) < 4.78 is 5.86. The van der Waals surface area contributed by atoms with Gasteiger partial charge in [-0.2, -0.15) is 0 Å². The number of anilines is 1. The number of rotatable bonds is 10. The van der Waals surface area contributed by atoms with E-state index in [1.807, 2.05) is 66.7 Å². The van der Waals surface area contributed by atoms with Gasteiger partial charge in [-0.15, -0.1) is 0 Å². The highest BCUT2D eigenvalue weighted by Gasteiger charge is 2.07. The van der Waals surface area contributed by atoms with E-state index in [1.165, 1.54) is 0 Å². The summed E-state index contributed by atoms with van der Waals surface area (Å²) in [6.45, 7) is 1.40. The molecule has 2 aromatic carbocycles. The summed E-state index contributed by atoms with van der Waals surface area (Å²) in [4.78, 5) is 15.3. The Morgan fingerprint density at radius 1 is 1.00 bits per heavy atom. The largest absolute Gasteiger partial charge is 0.494 e. The van der Waals surface area contributed by atoms with Gasteiger partial charge in [0.05, 0.1) is 13.0 Å². The Balaban J connectivity index is 1.51. The minimum atomic E-state index is -0.816. The number of pyridine rings is 1. The molecule has 0 aliphatic carbocycles. The van der Waals surface area contributed by atoms with E-state index in [-0.39, 0.29) is 6.42 Å². The van der Waals surface area contributed by atoms with Gasteiger partial charge in [0.25, 0.3) is 0 Å². The smallest absolute Gasteiger partial charge is 0.307 e. The molecule has 0 bridgehead atoms. The molecular formula is C23H24N2O3. The zero-order valence-electron chi connectivity index (χ0n) is 15.7. The zero-order valence-corrected chi connectivity index (χ0v) is 15.7. The van der Waals surface area contributed by atoms with Gasteiger partial charge in [-0.3, -0.25) is 4.79 Å². The maximum Gasteiger partial charge on any atom is 0.307 e. The minimum Gasteiger partial charge on any atom is -0.494 e. The van der Waals surface area contributed by atoms with Gasteiger partial charge in [-0.05, 0) is 53.8 Å². The first-order chi connectivity index (χ1) is 13.7. The summed E-state index contributed by atoms with van der Waals surface area (Å²) in [5.41, 5.74) is 2.98. The van der Waals surface area contributed by atoms with Crippen LogP contribution in [0, 0.1) is 0 Å². The molecule has 0 aliphatic heterocycles. The Bertz CT molecular complexity index is 897. The number of aliphatic carboxylic acids is 1. The van der Waals surface area contributed by atoms with E-state index in [4.69, 9.17) is 9.84 Å². The average molecular weight is 376 g/mol. The van der Waals surface area contributed by atoms with Gasteiger partial charge in [-0.1, -0.05) is 42.5 Å². The Hall–Kier alpha value is -3.34. The Kier molecular flexibility index (Phi) is 7.01. The molecule has 0 fully saturated rings. The van der Waals surface area contributed by atoms with Gasteiger partial charge >= 0.3 is 5.97 Å². The van der Waals surface area contributed by atoms with Crippen LogP contribution in [0.2, 0.25) is 0 Å². The van der Waals surface area contributed by atoms with Crippen LogP contribution in [0.3, 0.4) is 0 Å². The van der Waals surface area contributed by atoms with Crippen LogP contribution in [0.4, 0.5) is 5.82 Å². The fraction of sp³-hybridized carbons (Fsp3) is 0.217. The van der Waals surface area contributed by atoms with Gasteiger partial charge < -0.3 is 15.2 Å². The quantitative estimate of drug-likeness (QED) is 0.520. The van der Waals surface area contributed by atoms with E-state index in [9.17, 15) is 4.79 Å². The molecule has 1 aromatic heterocycles. The molecule has 144 valence electrons. The molecule has 0 radical (unpaired) electrons. The van der Waals surface area contributed by atoms with E-state index in [1.54, 1.807) is 6.20 Å². The Morgan fingerprint density at radius 2 is 1.82 bits per heavy atom. The lowest BCUT2D eigenvalue weighted by Gasteiger charge is -2.11. The molecule has 5 heteroatoms. The lowest BCUT2D eigenvalue weighted by Crippen LogP contribution is -2.08. The standard InChI is InChI=1S/C23H24N2O3/c26-23(27)17-20-9-2-1-8-19(20)15-18-7-5-10-21(16-18)28-14-6-13-25-22-11-3-4-12-24-22/h1-5,7-12,16H,6,13-15,17H2,(H,24,25)(H,26,27). The van der Waals surface area contributed by atoms with Crippen LogP contribution in [0.1, 0.15) is 23.1 Å². The summed E-state index contributed by atoms with van der Waals surface area (Å²) in [6, 6.07) is 21.4. The van der Waals surface area contributed by atoms with Crippen molar-refractivity contribution in [1.29, 1.82) is 0 Å². The molecule has 5 nitrogen and oxygen atoms in total. The third-order valence-electron chi connectivity index (χ3n) is 4.31. The van der Waals surface area contributed by atoms with Gasteiger partial charge in [0.15, 0.2) is 0 Å². The molecule has 0 aliphatic rings. The number of benzene rings is 2. The number of carboxylic acid groups (broad SMARTS) is 1. The second-order valence-electron chi connectivity index (χ2n) is 6.51. The van der Waals surface area contributed by atoms with Crippen molar-refractivity contribution in [3.8, 4) is 5.75 Å². The van der Waals surface area contributed by atoms with Gasteiger partial charge in [-0.25, -0.2) is 4.98 Å². The lowest BCUT2D eigenvalue weighted by atomic mass is 9.98. The molecule has 0 spiro atoms. The van der Waals surface area contributed by atoms with Crippen molar-refractivity contribution >= 4 is 11.8 Å². The van der Waals surface area contributed by atoms with Crippen molar-refractivity contribution in [2.75, 3.05) is 18.5 Å². The normalized spacial score (nSPS) is 10.4. The molecule has 0 saturated carbocycles. The highest BCUT2D eigenvalue weighted by molar-refractivity contribution is 5.70. The van der Waals surface area contributed by atoms with Crippen molar-refractivity contribution in [3.63, 3.8) is 0 Å². The van der Waals surface area contributed by atoms with Crippen molar-refractivity contribution in [2.45, 2.75) is 19.3 Å². The second-order valence-corrected chi connectivity index (χ2v) is 6.51. The van der Waals surface area contributed by atoms with E-state index >= 15 is 0 Å². The molecule has 0 saturated heterocycles. The van der Waals surface area contributed by atoms with E-state index < -0.39 is 5.97 Å². The second kappa shape index (κ2) is 10.1. The molecule has 0 atom stereocenters. The fourth-order valence-electron chi connectivity index (χ4n) is 2.98. The van der Waals surface area contributed by atoms with Crippen molar-refractivity contribution in [1.82, 2.24) is 4.98 Å². The minimum absolute atomic E-state index is 0.0373. The highest BCUT2D eigenvalue weighted by Crippen LogP contribution is 2.19. The molecule has 28 heavy (non-hydrogen) atoms. The molecule has 3 aromatic rings. The third kappa shape index (κ3) is 6.13. The van der Waals surface area contributed by atoms with E-state index in [0.29, 0.717) is 13.0 Å². The van der Waals surface area contributed by atoms with Crippen LogP contribution in [-0.2, 0) is 17.6 Å². The van der Waals surface area contributed by atoms with E-state index in [2.05, 4.69) is 10.3 Å². The first-order valence-electron chi connectivity index (χ1n) is 9.36. The van der Waals surface area contributed by atoms with Crippen molar-refractivity contribution < 1.29 is 14.6 Å². The summed E-state index contributed by atoms with van der Waals surface area (Å²) in [5, 5.41) is 12.3. The van der Waals surface area contributed by atoms with Gasteiger partial charge in [0.1, 0.15) is 11.6 Å². The molecular weight excluding hydrogens is 352 g/mol. The monoisotopic (exact) mass is 376 g/mol. The first kappa shape index (κ1) is 19.4. The predicted octanol–water partition coefficient (Wildman–Crippen LogP) is 4.18. The van der Waals surface area contributed by atoms with E-state index in [0.717, 1.165) is 41.2 Å². The van der Waals surface area contributed by atoms with Crippen LogP contribution in [-0.4, -0.2) is 29.2 Å². The summed E-state index contributed by atoms with van der Waals surface area (Å²) in [6.07, 6.45) is 3.35. The lowest BCUT2D eigenvalue weighted by molar-refractivity contribution is -0.136. The SMILES string of the molecule is O=C(O)Cc1ccccc1Cc1cccc(OCCCNc2ccccn2)c1. The predicted molar refractivity (Wildman–Crippen MR) is 110 cm³/mol. The molecule has 2 N–H and O–H groups in total. The summed E-state index contributed by atoms with van der Waals surface area (Å²) >= 11 is 0. The fourth-order valence-corrected chi connectivity index (χ4v) is 2.98. The average Bonchev–Trinajstić information content (AvgIpc) is 2.70. The van der Waals surface area contributed by atoms with Gasteiger partial charge in [0, 0.05) is 12.7 Å². The van der Waals surface area contributed by atoms with Crippen LogP contribution >= 0.6 is 0 Å². The first-order valence-corrected chi connectivity index (χ1v) is 9.36. The van der Waals surface area contributed by atoms with Crippen LogP contribution in [0.15, 0.2) is 72.9 Å². The molecule has 1 heterocycles. The number of ether oxygens (including phenoxy) is 1. The summed E-state index contributed by atoms with van der Waals surface area (Å²) in [7, 11) is 0. The van der Waals surface area contributed by atoms with Crippen molar-refractivity contribution in [2.24, 2.45) is 0 Å². The molecule has 3 rings (SSSR count). The van der Waals surface area contributed by atoms with Crippen LogP contribution in [0.25, 0.3) is 0 Å². The van der Waals surface area contributed by atoms with Crippen LogP contribution < -0.4 is 10.1 Å². The topological polar surface area (TPSA) is 71.5 Å². The number of nitrogens with one attached hydrogen (secondary N) is 1. The maximum atomic E-state index is 11.1. The highest BCUT2D eigenvalue weighted by atomic mass is 16.5. The number of carboxylic acids is 1. The number of carbonyl (C=O) groups is 1. The number of hydrogen-bond acceptors (Lipinski definition) is 4. The molecule has 0 unspecified atom stereocenters. The maximum absolute atomic E-state index is 11.1. The number of hydrogen-bond donors (Lipinski definition) is 2. The summed E-state index contributed by atoms with van der Waals surface area (Å²) in [5.74, 6) is 0.874. The Labute approximate surface area is 165 Å². The third-order valence-corrected chi connectivity index (χ3v) is 4.31. The zero-order chi connectivity index (χ0) is 19.6. The van der Waals surface area contributed by atoms with Crippen LogP contribution in [0.5, 0.6) is 5.75 Å². The van der Waals surface area contributed by atoms with Crippen molar-refractivity contribution in [3.05, 3.63) is 89.6 Å². The number of nitrogens with zero attached hydrogens (tertiary/aromatic N) is 1. The number of aromatic nitrogens is 1. The Morgan fingerprint density at radius 3 is 2.61 bits per heavy atom. The van der Waals surface area contributed by atoms with Gasteiger partial charge in [0.2, 0.25) is 0 Å². The molecule has 0 amide bonds.